The maximum absolute atomic E-state index is 5.29. The molecule has 2 aromatic rings. The number of benzene rings is 1. The molecule has 0 amide bonds. The van der Waals surface area contributed by atoms with Gasteiger partial charge in [-0.25, -0.2) is 9.97 Å². The fraction of sp³-hybridized carbons (Fsp3) is 0.312. The van der Waals surface area contributed by atoms with Gasteiger partial charge in [-0.1, -0.05) is 0 Å². The second-order valence-electron chi connectivity index (χ2n) is 4.72. The Bertz CT molecular complexity index is 688. The van der Waals surface area contributed by atoms with Gasteiger partial charge in [-0.05, 0) is 25.1 Å². The summed E-state index contributed by atoms with van der Waals surface area (Å²) in [4.78, 5) is 12.6. The van der Waals surface area contributed by atoms with Crippen LogP contribution in [0.25, 0.3) is 0 Å². The van der Waals surface area contributed by atoms with E-state index in [0.29, 0.717) is 24.0 Å². The lowest BCUT2D eigenvalue weighted by Crippen LogP contribution is -2.30. The van der Waals surface area contributed by atoms with Crippen LogP contribution >= 0.6 is 0 Å². The zero-order valence-electron chi connectivity index (χ0n) is 13.8. The van der Waals surface area contributed by atoms with Crippen LogP contribution in [0.4, 0.5) is 5.69 Å². The summed E-state index contributed by atoms with van der Waals surface area (Å²) in [7, 11) is 4.92. The number of nitrogens with one attached hydrogen (secondary N) is 2. The second kappa shape index (κ2) is 7.98. The Hall–Kier alpha value is -2.83. The van der Waals surface area contributed by atoms with E-state index in [-0.39, 0.29) is 0 Å². The number of methoxy groups -OCH3 is 2. The number of hydrogen-bond acceptors (Lipinski definition) is 5. The van der Waals surface area contributed by atoms with E-state index in [4.69, 9.17) is 9.47 Å². The summed E-state index contributed by atoms with van der Waals surface area (Å²) < 4.78 is 10.5. The molecule has 0 fully saturated rings. The normalized spacial score (nSPS) is 11.0. The first-order valence-electron chi connectivity index (χ1n) is 7.14. The predicted molar refractivity (Wildman–Crippen MR) is 90.1 cm³/mol. The van der Waals surface area contributed by atoms with Gasteiger partial charge in [-0.2, -0.15) is 0 Å². The van der Waals surface area contributed by atoms with Gasteiger partial charge in [0.15, 0.2) is 17.5 Å². The molecule has 1 aromatic carbocycles. The van der Waals surface area contributed by atoms with Crippen LogP contribution in [0.15, 0.2) is 35.5 Å². The SMILES string of the molecule is CN=C(NCc1ccnc(C)n1)Nc1ccc(OC)c(OC)c1. The van der Waals surface area contributed by atoms with Crippen LogP contribution in [0.1, 0.15) is 11.5 Å². The van der Waals surface area contributed by atoms with Gasteiger partial charge in [0.2, 0.25) is 0 Å². The zero-order chi connectivity index (χ0) is 16.7. The van der Waals surface area contributed by atoms with Crippen molar-refractivity contribution in [2.75, 3.05) is 26.6 Å². The molecular weight excluding hydrogens is 294 g/mol. The third kappa shape index (κ3) is 4.57. The standard InChI is InChI=1S/C16H21N5O2/c1-11-18-8-7-13(20-11)10-19-16(17-2)21-12-5-6-14(22-3)15(9-12)23-4/h5-9H,10H2,1-4H3,(H2,17,19,21). The highest BCUT2D eigenvalue weighted by atomic mass is 16.5. The fourth-order valence-electron chi connectivity index (χ4n) is 2.01. The van der Waals surface area contributed by atoms with Gasteiger partial charge < -0.3 is 20.1 Å². The molecule has 0 saturated carbocycles. The lowest BCUT2D eigenvalue weighted by Gasteiger charge is -2.14. The molecule has 1 aromatic heterocycles. The first kappa shape index (κ1) is 16.5. The number of aryl methyl sites for hydroxylation is 1. The van der Waals surface area contributed by atoms with Crippen molar-refractivity contribution in [1.82, 2.24) is 15.3 Å². The molecular formula is C16H21N5O2. The fourth-order valence-corrected chi connectivity index (χ4v) is 2.01. The summed E-state index contributed by atoms with van der Waals surface area (Å²) in [6.07, 6.45) is 1.74. The molecule has 7 nitrogen and oxygen atoms in total. The molecule has 0 bridgehead atoms. The molecule has 0 aliphatic rings. The number of nitrogens with zero attached hydrogens (tertiary/aromatic N) is 3. The van der Waals surface area contributed by atoms with Crippen molar-refractivity contribution < 1.29 is 9.47 Å². The monoisotopic (exact) mass is 315 g/mol. The maximum atomic E-state index is 5.29. The highest BCUT2D eigenvalue weighted by molar-refractivity contribution is 5.93. The summed E-state index contributed by atoms with van der Waals surface area (Å²) in [5.74, 6) is 2.71. The van der Waals surface area contributed by atoms with Gasteiger partial charge in [0.05, 0.1) is 26.5 Å². The highest BCUT2D eigenvalue weighted by Gasteiger charge is 2.06. The minimum atomic E-state index is 0.552. The number of anilines is 1. The molecule has 23 heavy (non-hydrogen) atoms. The van der Waals surface area contributed by atoms with E-state index in [2.05, 4.69) is 25.6 Å². The van der Waals surface area contributed by atoms with Gasteiger partial charge in [0.25, 0.3) is 0 Å². The number of ether oxygens (including phenoxy) is 2. The smallest absolute Gasteiger partial charge is 0.195 e. The molecule has 2 rings (SSSR count). The molecule has 0 atom stereocenters. The summed E-state index contributed by atoms with van der Waals surface area (Å²) in [6.45, 7) is 2.41. The maximum Gasteiger partial charge on any atom is 0.195 e. The van der Waals surface area contributed by atoms with Crippen molar-refractivity contribution in [1.29, 1.82) is 0 Å². The van der Waals surface area contributed by atoms with E-state index in [1.807, 2.05) is 31.2 Å². The molecule has 0 aliphatic heterocycles. The Kier molecular flexibility index (Phi) is 5.74. The summed E-state index contributed by atoms with van der Waals surface area (Å²) in [5, 5.41) is 6.40. The van der Waals surface area contributed by atoms with E-state index in [9.17, 15) is 0 Å². The van der Waals surface area contributed by atoms with Crippen molar-refractivity contribution in [3.63, 3.8) is 0 Å². The van der Waals surface area contributed by atoms with Crippen LogP contribution in [0.5, 0.6) is 11.5 Å². The van der Waals surface area contributed by atoms with Gasteiger partial charge >= 0.3 is 0 Å². The van der Waals surface area contributed by atoms with E-state index < -0.39 is 0 Å². The minimum Gasteiger partial charge on any atom is -0.493 e. The average molecular weight is 315 g/mol. The van der Waals surface area contributed by atoms with E-state index in [0.717, 1.165) is 17.2 Å². The first-order chi connectivity index (χ1) is 11.2. The molecule has 0 unspecified atom stereocenters. The number of aliphatic imine (C=N–C) groups is 1. The molecule has 0 saturated heterocycles. The van der Waals surface area contributed by atoms with Gasteiger partial charge in [-0.15, -0.1) is 0 Å². The topological polar surface area (TPSA) is 80.7 Å². The molecule has 122 valence electrons. The molecule has 0 aliphatic carbocycles. The van der Waals surface area contributed by atoms with Crippen LogP contribution in [-0.4, -0.2) is 37.2 Å². The number of guanidine groups is 1. The van der Waals surface area contributed by atoms with Crippen LogP contribution in [-0.2, 0) is 6.54 Å². The third-order valence-corrected chi connectivity index (χ3v) is 3.14. The van der Waals surface area contributed by atoms with E-state index >= 15 is 0 Å². The third-order valence-electron chi connectivity index (χ3n) is 3.14. The first-order valence-corrected chi connectivity index (χ1v) is 7.14. The average Bonchev–Trinajstić information content (AvgIpc) is 2.58. The van der Waals surface area contributed by atoms with Crippen LogP contribution < -0.4 is 20.1 Å². The lowest BCUT2D eigenvalue weighted by atomic mass is 10.2. The number of rotatable bonds is 5. The predicted octanol–water partition coefficient (Wildman–Crippen LogP) is 1.99. The van der Waals surface area contributed by atoms with Crippen molar-refractivity contribution in [2.45, 2.75) is 13.5 Å². The van der Waals surface area contributed by atoms with Gasteiger partial charge in [0.1, 0.15) is 5.82 Å². The minimum absolute atomic E-state index is 0.552. The number of hydrogen-bond donors (Lipinski definition) is 2. The van der Waals surface area contributed by atoms with Crippen molar-refractivity contribution in [3.05, 3.63) is 42.0 Å². The Balaban J connectivity index is 2.02. The van der Waals surface area contributed by atoms with E-state index in [1.54, 1.807) is 27.5 Å². The quantitative estimate of drug-likeness (QED) is 0.649. The van der Waals surface area contributed by atoms with E-state index in [1.165, 1.54) is 0 Å². The number of aromatic nitrogens is 2. The van der Waals surface area contributed by atoms with Crippen molar-refractivity contribution in [2.24, 2.45) is 4.99 Å². The molecule has 2 N–H and O–H groups in total. The lowest BCUT2D eigenvalue weighted by molar-refractivity contribution is 0.355. The summed E-state index contributed by atoms with van der Waals surface area (Å²) >= 11 is 0. The van der Waals surface area contributed by atoms with Crippen LogP contribution in [0, 0.1) is 6.92 Å². The second-order valence-corrected chi connectivity index (χ2v) is 4.72. The van der Waals surface area contributed by atoms with Gasteiger partial charge in [-0.3, -0.25) is 4.99 Å². The molecule has 0 spiro atoms. The Labute approximate surface area is 135 Å². The van der Waals surface area contributed by atoms with Crippen LogP contribution in [0.2, 0.25) is 0 Å². The highest BCUT2D eigenvalue weighted by Crippen LogP contribution is 2.29. The summed E-state index contributed by atoms with van der Waals surface area (Å²) in [6, 6.07) is 7.44. The van der Waals surface area contributed by atoms with Crippen molar-refractivity contribution >= 4 is 11.6 Å². The van der Waals surface area contributed by atoms with Crippen molar-refractivity contribution in [3.8, 4) is 11.5 Å². The summed E-state index contributed by atoms with van der Waals surface area (Å²) in [5.41, 5.74) is 1.74. The Morgan fingerprint density at radius 1 is 1.17 bits per heavy atom. The largest absolute Gasteiger partial charge is 0.493 e. The molecule has 0 radical (unpaired) electrons. The van der Waals surface area contributed by atoms with Crippen LogP contribution in [0.3, 0.4) is 0 Å². The molecule has 7 heteroatoms. The Morgan fingerprint density at radius 3 is 2.61 bits per heavy atom. The molecule has 1 heterocycles. The zero-order valence-corrected chi connectivity index (χ0v) is 13.8. The van der Waals surface area contributed by atoms with Gasteiger partial charge in [0, 0.05) is 25.0 Å². The Morgan fingerprint density at radius 2 is 1.96 bits per heavy atom.